The van der Waals surface area contributed by atoms with E-state index in [4.69, 9.17) is 4.74 Å². The molecule has 26 heavy (non-hydrogen) atoms. The van der Waals surface area contributed by atoms with Crippen molar-refractivity contribution in [3.8, 4) is 17.1 Å². The van der Waals surface area contributed by atoms with Gasteiger partial charge in [-0.05, 0) is 49.1 Å². The van der Waals surface area contributed by atoms with Crippen LogP contribution in [0.4, 0.5) is 0 Å². The second-order valence-corrected chi connectivity index (χ2v) is 6.43. The summed E-state index contributed by atoms with van der Waals surface area (Å²) in [5.74, 6) is 1.25. The first-order valence-corrected chi connectivity index (χ1v) is 8.78. The van der Waals surface area contributed by atoms with Gasteiger partial charge >= 0.3 is 5.97 Å². The first-order chi connectivity index (χ1) is 12.6. The Bertz CT molecular complexity index is 870. The Hall–Kier alpha value is -3.01. The van der Waals surface area contributed by atoms with Crippen LogP contribution < -0.4 is 4.74 Å². The topological polar surface area (TPSA) is 52.1 Å². The molecule has 0 saturated carbocycles. The molecule has 0 aliphatic carbocycles. The molecule has 1 atom stereocenters. The van der Waals surface area contributed by atoms with Crippen molar-refractivity contribution in [2.24, 2.45) is 0 Å². The third kappa shape index (κ3) is 4.14. The molecule has 0 radical (unpaired) electrons. The van der Waals surface area contributed by atoms with Crippen molar-refractivity contribution < 1.29 is 9.53 Å². The predicted molar refractivity (Wildman–Crippen MR) is 102 cm³/mol. The van der Waals surface area contributed by atoms with Crippen LogP contribution in [-0.4, -0.2) is 15.9 Å². The largest absolute Gasteiger partial charge is 0.423 e. The number of carbonyl (C=O) groups is 1. The Balaban J connectivity index is 1.71. The van der Waals surface area contributed by atoms with E-state index in [0.717, 1.165) is 23.1 Å². The fraction of sp³-hybridized carbons (Fsp3) is 0.227. The molecule has 1 heterocycles. The molecule has 2 aromatic carbocycles. The molecule has 0 N–H and O–H groups in total. The van der Waals surface area contributed by atoms with Crippen LogP contribution in [-0.2, 0) is 0 Å². The maximum Gasteiger partial charge on any atom is 0.343 e. The SMILES string of the molecule is CCC(C)c1cnc(-c2ccc(C(=O)Oc3ccc(C)cc3)cc2)nc1. The van der Waals surface area contributed by atoms with Crippen molar-refractivity contribution in [1.29, 1.82) is 0 Å². The summed E-state index contributed by atoms with van der Waals surface area (Å²) in [7, 11) is 0. The molecular formula is C22H22N2O2. The fourth-order valence-corrected chi connectivity index (χ4v) is 2.50. The van der Waals surface area contributed by atoms with Gasteiger partial charge in [0.05, 0.1) is 5.56 Å². The minimum absolute atomic E-state index is 0.381. The van der Waals surface area contributed by atoms with Crippen molar-refractivity contribution in [3.63, 3.8) is 0 Å². The van der Waals surface area contributed by atoms with E-state index in [2.05, 4.69) is 23.8 Å². The summed E-state index contributed by atoms with van der Waals surface area (Å²) in [5.41, 5.74) is 3.61. The molecule has 0 aliphatic heterocycles. The third-order valence-electron chi connectivity index (χ3n) is 4.46. The average Bonchev–Trinajstić information content (AvgIpc) is 2.69. The summed E-state index contributed by atoms with van der Waals surface area (Å²) >= 11 is 0. The molecule has 0 amide bonds. The zero-order valence-electron chi connectivity index (χ0n) is 15.3. The van der Waals surface area contributed by atoms with Gasteiger partial charge in [-0.15, -0.1) is 0 Å². The summed E-state index contributed by atoms with van der Waals surface area (Å²) in [6.45, 7) is 6.29. The molecule has 4 nitrogen and oxygen atoms in total. The van der Waals surface area contributed by atoms with Crippen LogP contribution in [0, 0.1) is 6.92 Å². The highest BCUT2D eigenvalue weighted by atomic mass is 16.5. The van der Waals surface area contributed by atoms with Crippen molar-refractivity contribution in [2.75, 3.05) is 0 Å². The van der Waals surface area contributed by atoms with Gasteiger partial charge in [-0.1, -0.05) is 43.7 Å². The van der Waals surface area contributed by atoms with Gasteiger partial charge in [-0.2, -0.15) is 0 Å². The maximum atomic E-state index is 12.2. The lowest BCUT2D eigenvalue weighted by atomic mass is 10.0. The van der Waals surface area contributed by atoms with E-state index < -0.39 is 0 Å². The van der Waals surface area contributed by atoms with Crippen molar-refractivity contribution in [3.05, 3.63) is 77.6 Å². The fourth-order valence-electron chi connectivity index (χ4n) is 2.50. The number of aryl methyl sites for hydroxylation is 1. The second kappa shape index (κ2) is 7.91. The van der Waals surface area contributed by atoms with Crippen LogP contribution in [0.5, 0.6) is 5.75 Å². The quantitative estimate of drug-likeness (QED) is 0.471. The van der Waals surface area contributed by atoms with Crippen LogP contribution in [0.2, 0.25) is 0 Å². The minimum Gasteiger partial charge on any atom is -0.423 e. The summed E-state index contributed by atoms with van der Waals surface area (Å²) in [5, 5.41) is 0. The Kier molecular flexibility index (Phi) is 5.42. The summed E-state index contributed by atoms with van der Waals surface area (Å²) < 4.78 is 5.39. The molecule has 0 fully saturated rings. The lowest BCUT2D eigenvalue weighted by molar-refractivity contribution is 0.0735. The highest BCUT2D eigenvalue weighted by Gasteiger charge is 2.10. The summed E-state index contributed by atoms with van der Waals surface area (Å²) in [4.78, 5) is 21.1. The monoisotopic (exact) mass is 346 g/mol. The predicted octanol–water partition coefficient (Wildman–Crippen LogP) is 5.18. The molecule has 132 valence electrons. The highest BCUT2D eigenvalue weighted by Crippen LogP contribution is 2.21. The number of benzene rings is 2. The highest BCUT2D eigenvalue weighted by molar-refractivity contribution is 5.91. The van der Waals surface area contributed by atoms with E-state index in [1.54, 1.807) is 24.3 Å². The van der Waals surface area contributed by atoms with Gasteiger partial charge in [-0.3, -0.25) is 0 Å². The van der Waals surface area contributed by atoms with E-state index >= 15 is 0 Å². The van der Waals surface area contributed by atoms with E-state index in [1.165, 1.54) is 0 Å². The van der Waals surface area contributed by atoms with Crippen LogP contribution in [0.3, 0.4) is 0 Å². The van der Waals surface area contributed by atoms with E-state index in [1.807, 2.05) is 43.6 Å². The second-order valence-electron chi connectivity index (χ2n) is 6.43. The van der Waals surface area contributed by atoms with Crippen LogP contribution in [0.1, 0.15) is 47.7 Å². The van der Waals surface area contributed by atoms with Crippen molar-refractivity contribution >= 4 is 5.97 Å². The van der Waals surface area contributed by atoms with Gasteiger partial charge < -0.3 is 4.74 Å². The lowest BCUT2D eigenvalue weighted by Crippen LogP contribution is -2.08. The van der Waals surface area contributed by atoms with Crippen molar-refractivity contribution in [1.82, 2.24) is 9.97 Å². The number of rotatable bonds is 5. The third-order valence-corrected chi connectivity index (χ3v) is 4.46. The number of nitrogens with zero attached hydrogens (tertiary/aromatic N) is 2. The van der Waals surface area contributed by atoms with E-state index in [0.29, 0.717) is 23.1 Å². The van der Waals surface area contributed by atoms with Crippen LogP contribution in [0.25, 0.3) is 11.4 Å². The van der Waals surface area contributed by atoms with Gasteiger partial charge in [-0.25, -0.2) is 14.8 Å². The smallest absolute Gasteiger partial charge is 0.343 e. The normalized spacial score (nSPS) is 11.8. The molecule has 3 rings (SSSR count). The van der Waals surface area contributed by atoms with Gasteiger partial charge in [0.15, 0.2) is 5.82 Å². The molecule has 0 aliphatic rings. The summed E-state index contributed by atoms with van der Waals surface area (Å²) in [6.07, 6.45) is 4.80. The Morgan fingerprint density at radius 2 is 1.62 bits per heavy atom. The summed E-state index contributed by atoms with van der Waals surface area (Å²) in [6, 6.07) is 14.5. The molecule has 0 spiro atoms. The molecular weight excluding hydrogens is 324 g/mol. The number of hydrogen-bond acceptors (Lipinski definition) is 4. The zero-order chi connectivity index (χ0) is 18.5. The first-order valence-electron chi connectivity index (χ1n) is 8.78. The van der Waals surface area contributed by atoms with Gasteiger partial charge in [0.25, 0.3) is 0 Å². The molecule has 3 aromatic rings. The maximum absolute atomic E-state index is 12.2. The molecule has 1 unspecified atom stereocenters. The number of esters is 1. The molecule has 4 heteroatoms. The first kappa shape index (κ1) is 17.8. The van der Waals surface area contributed by atoms with Crippen molar-refractivity contribution in [2.45, 2.75) is 33.1 Å². The van der Waals surface area contributed by atoms with Gasteiger partial charge in [0, 0.05) is 18.0 Å². The standard InChI is InChI=1S/C22H22N2O2/c1-4-16(3)19-13-23-21(24-14-19)17-7-9-18(10-8-17)22(25)26-20-11-5-15(2)6-12-20/h5-14,16H,4H2,1-3H3. The average molecular weight is 346 g/mol. The number of aromatic nitrogens is 2. The number of carbonyl (C=O) groups excluding carboxylic acids is 1. The molecule has 0 saturated heterocycles. The van der Waals surface area contributed by atoms with Gasteiger partial charge in [0.1, 0.15) is 5.75 Å². The number of ether oxygens (including phenoxy) is 1. The van der Waals surface area contributed by atoms with Gasteiger partial charge in [0.2, 0.25) is 0 Å². The Labute approximate surface area is 153 Å². The molecule has 1 aromatic heterocycles. The zero-order valence-corrected chi connectivity index (χ0v) is 15.3. The van der Waals surface area contributed by atoms with Crippen LogP contribution in [0.15, 0.2) is 60.9 Å². The van der Waals surface area contributed by atoms with E-state index in [-0.39, 0.29) is 5.97 Å². The minimum atomic E-state index is -0.381. The lowest BCUT2D eigenvalue weighted by Gasteiger charge is -2.08. The number of hydrogen-bond donors (Lipinski definition) is 0. The molecule has 0 bridgehead atoms. The Morgan fingerprint density at radius 1 is 1.00 bits per heavy atom. The Morgan fingerprint density at radius 3 is 2.19 bits per heavy atom. The van der Waals surface area contributed by atoms with Crippen LogP contribution >= 0.6 is 0 Å². The van der Waals surface area contributed by atoms with E-state index in [9.17, 15) is 4.79 Å².